The zero-order chi connectivity index (χ0) is 19.4. The van der Waals surface area contributed by atoms with Gasteiger partial charge >= 0.3 is 0 Å². The smallest absolute Gasteiger partial charge is 0.252 e. The Morgan fingerprint density at radius 1 is 1.15 bits per heavy atom. The number of sulfone groups is 1. The fourth-order valence-corrected chi connectivity index (χ4v) is 4.51. The van der Waals surface area contributed by atoms with E-state index in [-0.39, 0.29) is 28.6 Å². The molecule has 3 aromatic rings. The van der Waals surface area contributed by atoms with Gasteiger partial charge in [0.2, 0.25) is 0 Å². The van der Waals surface area contributed by atoms with E-state index in [4.69, 9.17) is 0 Å². The van der Waals surface area contributed by atoms with Crippen molar-refractivity contribution in [1.29, 1.82) is 0 Å². The normalized spacial score (nSPS) is 11.5. The molecule has 1 aromatic heterocycles. The number of nitrogens with zero attached hydrogens (tertiary/aromatic N) is 1. The molecule has 0 saturated heterocycles. The summed E-state index contributed by atoms with van der Waals surface area (Å²) in [7, 11) is -3.49. The maximum atomic E-state index is 13.7. The van der Waals surface area contributed by atoms with E-state index in [1.54, 1.807) is 24.3 Å². The van der Waals surface area contributed by atoms with Crippen LogP contribution in [-0.2, 0) is 9.84 Å². The molecule has 2 aromatic carbocycles. The molecule has 9 heteroatoms. The minimum absolute atomic E-state index is 0.0274. The molecule has 0 aliphatic heterocycles. The first-order valence-electron chi connectivity index (χ1n) is 8.31. The summed E-state index contributed by atoms with van der Waals surface area (Å²) < 4.78 is 38.6. The first-order chi connectivity index (χ1) is 12.9. The van der Waals surface area contributed by atoms with Crippen molar-refractivity contribution in [2.75, 3.05) is 24.2 Å². The van der Waals surface area contributed by atoms with Crippen molar-refractivity contribution >= 4 is 42.4 Å². The summed E-state index contributed by atoms with van der Waals surface area (Å²) >= 11 is 1.32. The Kier molecular flexibility index (Phi) is 5.71. The van der Waals surface area contributed by atoms with Crippen LogP contribution in [0.5, 0.6) is 0 Å². The summed E-state index contributed by atoms with van der Waals surface area (Å²) in [4.78, 5) is 16.6. The van der Waals surface area contributed by atoms with Crippen LogP contribution in [-0.4, -0.2) is 38.2 Å². The molecule has 0 aliphatic carbocycles. The van der Waals surface area contributed by atoms with E-state index in [0.717, 1.165) is 4.70 Å². The molecule has 142 valence electrons. The number of carbonyl (C=O) groups excluding carboxylic acids is 1. The molecule has 6 nitrogen and oxygen atoms in total. The summed E-state index contributed by atoms with van der Waals surface area (Å²) in [5, 5.41) is 6.27. The maximum absolute atomic E-state index is 13.7. The molecular formula is C18H18FN3O3S2. The Morgan fingerprint density at radius 2 is 1.93 bits per heavy atom. The molecule has 0 saturated carbocycles. The van der Waals surface area contributed by atoms with Gasteiger partial charge in [0.05, 0.1) is 20.9 Å². The van der Waals surface area contributed by atoms with Gasteiger partial charge in [-0.15, -0.1) is 0 Å². The van der Waals surface area contributed by atoms with Crippen molar-refractivity contribution in [1.82, 2.24) is 10.3 Å². The highest BCUT2D eigenvalue weighted by Crippen LogP contribution is 2.27. The highest BCUT2D eigenvalue weighted by molar-refractivity contribution is 7.91. The van der Waals surface area contributed by atoms with Gasteiger partial charge in [0, 0.05) is 13.1 Å². The Balaban J connectivity index is 1.61. The zero-order valence-corrected chi connectivity index (χ0v) is 16.2. The van der Waals surface area contributed by atoms with Gasteiger partial charge in [0.15, 0.2) is 15.0 Å². The standard InChI is InChI=1S/C18H18FN3O3S2/c1-2-27(24,25)15-9-4-3-6-12(15)17(23)20-10-11-21-18-22-16-13(19)7-5-8-14(16)26-18/h3-9H,2,10-11H2,1H3,(H,20,23)(H,21,22). The minimum Gasteiger partial charge on any atom is -0.360 e. The first kappa shape index (κ1) is 19.2. The number of fused-ring (bicyclic) bond motifs is 1. The third-order valence-electron chi connectivity index (χ3n) is 3.90. The Morgan fingerprint density at radius 3 is 2.67 bits per heavy atom. The van der Waals surface area contributed by atoms with E-state index in [2.05, 4.69) is 15.6 Å². The number of hydrogen-bond acceptors (Lipinski definition) is 6. The maximum Gasteiger partial charge on any atom is 0.252 e. The average molecular weight is 407 g/mol. The van der Waals surface area contributed by atoms with Gasteiger partial charge in [-0.3, -0.25) is 4.79 Å². The molecule has 0 radical (unpaired) electrons. The number of benzene rings is 2. The summed E-state index contributed by atoms with van der Waals surface area (Å²) in [6.07, 6.45) is 0. The molecule has 0 spiro atoms. The van der Waals surface area contributed by atoms with Gasteiger partial charge in [-0.25, -0.2) is 17.8 Å². The Labute approximate surface area is 160 Å². The third kappa shape index (κ3) is 4.25. The molecule has 0 aliphatic rings. The molecule has 1 amide bonds. The predicted molar refractivity (Wildman–Crippen MR) is 105 cm³/mol. The summed E-state index contributed by atoms with van der Waals surface area (Å²) in [5.41, 5.74) is 0.439. The van der Waals surface area contributed by atoms with Crippen molar-refractivity contribution < 1.29 is 17.6 Å². The lowest BCUT2D eigenvalue weighted by atomic mass is 10.2. The van der Waals surface area contributed by atoms with Crippen molar-refractivity contribution in [3.63, 3.8) is 0 Å². The van der Waals surface area contributed by atoms with E-state index in [9.17, 15) is 17.6 Å². The van der Waals surface area contributed by atoms with E-state index >= 15 is 0 Å². The molecule has 3 rings (SSSR count). The largest absolute Gasteiger partial charge is 0.360 e. The SMILES string of the molecule is CCS(=O)(=O)c1ccccc1C(=O)NCCNc1nc2c(F)cccc2s1. The van der Waals surface area contributed by atoms with Gasteiger partial charge in [0.25, 0.3) is 5.91 Å². The lowest BCUT2D eigenvalue weighted by Crippen LogP contribution is -2.30. The molecule has 0 fully saturated rings. The van der Waals surface area contributed by atoms with Gasteiger partial charge in [-0.1, -0.05) is 36.5 Å². The van der Waals surface area contributed by atoms with Crippen molar-refractivity contribution in [2.45, 2.75) is 11.8 Å². The molecular weight excluding hydrogens is 389 g/mol. The van der Waals surface area contributed by atoms with Gasteiger partial charge in [-0.05, 0) is 24.3 Å². The van der Waals surface area contributed by atoms with E-state index in [0.29, 0.717) is 17.2 Å². The number of nitrogens with one attached hydrogen (secondary N) is 2. The number of para-hydroxylation sites is 1. The van der Waals surface area contributed by atoms with Gasteiger partial charge < -0.3 is 10.6 Å². The fraction of sp³-hybridized carbons (Fsp3) is 0.222. The van der Waals surface area contributed by atoms with Crippen LogP contribution in [0.3, 0.4) is 0 Å². The molecule has 0 bridgehead atoms. The highest BCUT2D eigenvalue weighted by atomic mass is 32.2. The van der Waals surface area contributed by atoms with Crippen LogP contribution in [0.15, 0.2) is 47.4 Å². The fourth-order valence-electron chi connectivity index (χ4n) is 2.51. The lowest BCUT2D eigenvalue weighted by Gasteiger charge is -2.10. The highest BCUT2D eigenvalue weighted by Gasteiger charge is 2.20. The van der Waals surface area contributed by atoms with Crippen LogP contribution in [0.2, 0.25) is 0 Å². The molecule has 1 heterocycles. The molecule has 0 unspecified atom stereocenters. The zero-order valence-electron chi connectivity index (χ0n) is 14.5. The Hall–Kier alpha value is -2.52. The van der Waals surface area contributed by atoms with Crippen molar-refractivity contribution in [3.05, 3.63) is 53.8 Å². The number of amides is 1. The van der Waals surface area contributed by atoms with Crippen LogP contribution in [0.25, 0.3) is 10.2 Å². The second-order valence-electron chi connectivity index (χ2n) is 5.69. The van der Waals surface area contributed by atoms with Gasteiger partial charge in [0.1, 0.15) is 11.3 Å². The van der Waals surface area contributed by atoms with Crippen molar-refractivity contribution in [3.8, 4) is 0 Å². The second-order valence-corrected chi connectivity index (χ2v) is 8.97. The second kappa shape index (κ2) is 8.01. The van der Waals surface area contributed by atoms with Gasteiger partial charge in [-0.2, -0.15) is 0 Å². The monoisotopic (exact) mass is 407 g/mol. The summed E-state index contributed by atoms with van der Waals surface area (Å²) in [6.45, 7) is 2.17. The third-order valence-corrected chi connectivity index (χ3v) is 6.67. The molecule has 2 N–H and O–H groups in total. The van der Waals surface area contributed by atoms with Crippen LogP contribution in [0.4, 0.5) is 9.52 Å². The molecule has 0 atom stereocenters. The lowest BCUT2D eigenvalue weighted by molar-refractivity contribution is 0.0952. The summed E-state index contributed by atoms with van der Waals surface area (Å²) in [6, 6.07) is 10.9. The topological polar surface area (TPSA) is 88.2 Å². The van der Waals surface area contributed by atoms with Crippen LogP contribution < -0.4 is 10.6 Å². The van der Waals surface area contributed by atoms with Crippen LogP contribution in [0, 0.1) is 5.82 Å². The first-order valence-corrected chi connectivity index (χ1v) is 10.8. The van der Waals surface area contributed by atoms with E-state index in [1.807, 2.05) is 0 Å². The van der Waals surface area contributed by atoms with Crippen LogP contribution in [0.1, 0.15) is 17.3 Å². The number of halogens is 1. The molecule has 27 heavy (non-hydrogen) atoms. The number of anilines is 1. The quantitative estimate of drug-likeness (QED) is 0.588. The number of thiazole rings is 1. The van der Waals surface area contributed by atoms with Crippen LogP contribution >= 0.6 is 11.3 Å². The number of hydrogen-bond donors (Lipinski definition) is 2. The summed E-state index contributed by atoms with van der Waals surface area (Å²) in [5.74, 6) is -0.911. The van der Waals surface area contributed by atoms with E-state index in [1.165, 1.54) is 36.5 Å². The number of aromatic nitrogens is 1. The number of carbonyl (C=O) groups is 1. The minimum atomic E-state index is -3.49. The van der Waals surface area contributed by atoms with E-state index < -0.39 is 15.7 Å². The average Bonchev–Trinajstić information content (AvgIpc) is 3.09. The Bertz CT molecular complexity index is 1080. The number of rotatable bonds is 7. The predicted octanol–water partition coefficient (Wildman–Crippen LogP) is 3.07. The van der Waals surface area contributed by atoms with Crippen molar-refractivity contribution in [2.24, 2.45) is 0 Å².